The number of rotatable bonds is 5. The molecule has 0 fully saturated rings. The standard InChI is InChI=1S/C17H19Cl2NO/c1-4-20-17(16-13(18)6-5-7-14(16)19)12-10-11(2)8-9-15(12)21-3/h5-10,17,20H,4H2,1-3H3. The quantitative estimate of drug-likeness (QED) is 0.835. The zero-order valence-corrected chi connectivity index (χ0v) is 13.9. The Morgan fingerprint density at radius 2 is 1.81 bits per heavy atom. The maximum atomic E-state index is 6.38. The first-order chi connectivity index (χ1) is 10.1. The molecule has 1 atom stereocenters. The van der Waals surface area contributed by atoms with Gasteiger partial charge in [-0.15, -0.1) is 0 Å². The molecule has 0 saturated heterocycles. The van der Waals surface area contributed by atoms with E-state index in [1.54, 1.807) is 7.11 Å². The molecule has 0 saturated carbocycles. The van der Waals surface area contributed by atoms with E-state index in [4.69, 9.17) is 27.9 Å². The molecule has 0 heterocycles. The zero-order chi connectivity index (χ0) is 15.4. The van der Waals surface area contributed by atoms with Crippen LogP contribution in [0.5, 0.6) is 5.75 Å². The Morgan fingerprint density at radius 1 is 1.14 bits per heavy atom. The lowest BCUT2D eigenvalue weighted by molar-refractivity contribution is 0.404. The molecule has 1 unspecified atom stereocenters. The van der Waals surface area contributed by atoms with Crippen molar-refractivity contribution in [2.75, 3.05) is 13.7 Å². The summed E-state index contributed by atoms with van der Waals surface area (Å²) in [5, 5.41) is 4.75. The molecule has 1 N–H and O–H groups in total. The van der Waals surface area contributed by atoms with Crippen LogP contribution in [0.15, 0.2) is 36.4 Å². The van der Waals surface area contributed by atoms with E-state index in [-0.39, 0.29) is 6.04 Å². The van der Waals surface area contributed by atoms with Crippen LogP contribution >= 0.6 is 23.2 Å². The number of hydrogen-bond acceptors (Lipinski definition) is 2. The van der Waals surface area contributed by atoms with Crippen LogP contribution in [0.2, 0.25) is 10.0 Å². The van der Waals surface area contributed by atoms with Gasteiger partial charge in [-0.05, 0) is 31.7 Å². The van der Waals surface area contributed by atoms with E-state index >= 15 is 0 Å². The van der Waals surface area contributed by atoms with Gasteiger partial charge >= 0.3 is 0 Å². The van der Waals surface area contributed by atoms with Gasteiger partial charge in [0.05, 0.1) is 13.2 Å². The van der Waals surface area contributed by atoms with Crippen LogP contribution in [-0.4, -0.2) is 13.7 Å². The first-order valence-electron chi connectivity index (χ1n) is 6.90. The van der Waals surface area contributed by atoms with Gasteiger partial charge in [0.15, 0.2) is 0 Å². The van der Waals surface area contributed by atoms with Crippen molar-refractivity contribution in [2.45, 2.75) is 19.9 Å². The smallest absolute Gasteiger partial charge is 0.124 e. The Bertz CT molecular complexity index is 608. The van der Waals surface area contributed by atoms with Gasteiger partial charge in [0.1, 0.15) is 5.75 Å². The largest absolute Gasteiger partial charge is 0.496 e. The molecule has 112 valence electrons. The summed E-state index contributed by atoms with van der Waals surface area (Å²) in [6.45, 7) is 4.91. The summed E-state index contributed by atoms with van der Waals surface area (Å²) < 4.78 is 5.50. The summed E-state index contributed by atoms with van der Waals surface area (Å²) in [5.41, 5.74) is 3.08. The molecule has 4 heteroatoms. The van der Waals surface area contributed by atoms with Crippen molar-refractivity contribution >= 4 is 23.2 Å². The fraction of sp³-hybridized carbons (Fsp3) is 0.294. The third-order valence-corrected chi connectivity index (χ3v) is 4.05. The maximum absolute atomic E-state index is 6.38. The van der Waals surface area contributed by atoms with Crippen molar-refractivity contribution < 1.29 is 4.74 Å². The SMILES string of the molecule is CCNC(c1cc(C)ccc1OC)c1c(Cl)cccc1Cl. The molecule has 0 aromatic heterocycles. The lowest BCUT2D eigenvalue weighted by atomic mass is 9.96. The number of ether oxygens (including phenoxy) is 1. The predicted octanol–water partition coefficient (Wildman–Crippen LogP) is 5.01. The molecule has 2 nitrogen and oxygen atoms in total. The number of methoxy groups -OCH3 is 1. The van der Waals surface area contributed by atoms with Crippen LogP contribution < -0.4 is 10.1 Å². The molecular formula is C17H19Cl2NO. The molecular weight excluding hydrogens is 305 g/mol. The Balaban J connectivity index is 2.61. The highest BCUT2D eigenvalue weighted by Gasteiger charge is 2.22. The van der Waals surface area contributed by atoms with Gasteiger partial charge in [0.25, 0.3) is 0 Å². The summed E-state index contributed by atoms with van der Waals surface area (Å²) in [6.07, 6.45) is 0. The minimum absolute atomic E-state index is 0.106. The molecule has 0 radical (unpaired) electrons. The van der Waals surface area contributed by atoms with Crippen LogP contribution in [0, 0.1) is 6.92 Å². The summed E-state index contributed by atoms with van der Waals surface area (Å²) >= 11 is 12.8. The lowest BCUT2D eigenvalue weighted by Gasteiger charge is -2.23. The number of benzene rings is 2. The number of nitrogens with one attached hydrogen (secondary N) is 1. The Labute approximate surface area is 136 Å². The zero-order valence-electron chi connectivity index (χ0n) is 12.4. The first kappa shape index (κ1) is 16.2. The van der Waals surface area contributed by atoms with Crippen LogP contribution in [0.1, 0.15) is 29.7 Å². The average Bonchev–Trinajstić information content (AvgIpc) is 2.46. The third-order valence-electron chi connectivity index (χ3n) is 3.39. The average molecular weight is 324 g/mol. The van der Waals surface area contributed by atoms with E-state index in [0.717, 1.165) is 29.0 Å². The Morgan fingerprint density at radius 3 is 2.38 bits per heavy atom. The lowest BCUT2D eigenvalue weighted by Crippen LogP contribution is -2.23. The van der Waals surface area contributed by atoms with E-state index in [0.29, 0.717) is 10.0 Å². The van der Waals surface area contributed by atoms with E-state index in [1.165, 1.54) is 0 Å². The molecule has 2 rings (SSSR count). The van der Waals surface area contributed by atoms with Gasteiger partial charge in [0.2, 0.25) is 0 Å². The Kier molecular flexibility index (Phi) is 5.51. The predicted molar refractivity (Wildman–Crippen MR) is 89.7 cm³/mol. The van der Waals surface area contributed by atoms with E-state index in [1.807, 2.05) is 30.3 Å². The van der Waals surface area contributed by atoms with Gasteiger partial charge in [-0.1, -0.05) is 53.9 Å². The topological polar surface area (TPSA) is 21.3 Å². The maximum Gasteiger partial charge on any atom is 0.124 e. The summed E-state index contributed by atoms with van der Waals surface area (Å²) in [4.78, 5) is 0. The van der Waals surface area contributed by atoms with Crippen molar-refractivity contribution in [1.82, 2.24) is 5.32 Å². The molecule has 0 spiro atoms. The fourth-order valence-electron chi connectivity index (χ4n) is 2.44. The highest BCUT2D eigenvalue weighted by molar-refractivity contribution is 6.36. The van der Waals surface area contributed by atoms with Crippen LogP contribution in [0.4, 0.5) is 0 Å². The van der Waals surface area contributed by atoms with E-state index < -0.39 is 0 Å². The van der Waals surface area contributed by atoms with Gasteiger partial charge in [0, 0.05) is 21.2 Å². The Hall–Kier alpha value is -1.22. The number of halogens is 2. The molecule has 2 aromatic rings. The van der Waals surface area contributed by atoms with Crippen molar-refractivity contribution in [3.63, 3.8) is 0 Å². The number of hydrogen-bond donors (Lipinski definition) is 1. The van der Waals surface area contributed by atoms with Crippen molar-refractivity contribution in [2.24, 2.45) is 0 Å². The molecule has 0 amide bonds. The van der Waals surface area contributed by atoms with Crippen LogP contribution in [0.3, 0.4) is 0 Å². The fourth-order valence-corrected chi connectivity index (χ4v) is 3.05. The summed E-state index contributed by atoms with van der Waals surface area (Å²) in [5.74, 6) is 0.822. The third kappa shape index (κ3) is 3.52. The molecule has 2 aromatic carbocycles. The van der Waals surface area contributed by atoms with Gasteiger partial charge in [-0.25, -0.2) is 0 Å². The molecule has 21 heavy (non-hydrogen) atoms. The minimum atomic E-state index is -0.106. The van der Waals surface area contributed by atoms with Gasteiger partial charge < -0.3 is 10.1 Å². The molecule has 0 aliphatic heterocycles. The molecule has 0 aliphatic rings. The second-order valence-electron chi connectivity index (χ2n) is 4.87. The van der Waals surface area contributed by atoms with E-state index in [9.17, 15) is 0 Å². The first-order valence-corrected chi connectivity index (χ1v) is 7.66. The van der Waals surface area contributed by atoms with Crippen molar-refractivity contribution in [1.29, 1.82) is 0 Å². The van der Waals surface area contributed by atoms with Crippen LogP contribution in [-0.2, 0) is 0 Å². The van der Waals surface area contributed by atoms with E-state index in [2.05, 4.69) is 25.2 Å². The summed E-state index contributed by atoms with van der Waals surface area (Å²) in [6, 6.07) is 11.6. The highest BCUT2D eigenvalue weighted by Crippen LogP contribution is 2.37. The van der Waals surface area contributed by atoms with Crippen LogP contribution in [0.25, 0.3) is 0 Å². The normalized spacial score (nSPS) is 12.2. The number of aryl methyl sites for hydroxylation is 1. The monoisotopic (exact) mass is 323 g/mol. The van der Waals surface area contributed by atoms with Crippen molar-refractivity contribution in [3.05, 3.63) is 63.1 Å². The van der Waals surface area contributed by atoms with Gasteiger partial charge in [-0.3, -0.25) is 0 Å². The minimum Gasteiger partial charge on any atom is -0.496 e. The van der Waals surface area contributed by atoms with Gasteiger partial charge in [-0.2, -0.15) is 0 Å². The summed E-state index contributed by atoms with van der Waals surface area (Å²) in [7, 11) is 1.67. The molecule has 0 bridgehead atoms. The van der Waals surface area contributed by atoms with Crippen molar-refractivity contribution in [3.8, 4) is 5.75 Å². The molecule has 0 aliphatic carbocycles. The second-order valence-corrected chi connectivity index (χ2v) is 5.69. The highest BCUT2D eigenvalue weighted by atomic mass is 35.5. The second kappa shape index (κ2) is 7.17.